The van der Waals surface area contributed by atoms with Crippen LogP contribution in [0.15, 0.2) is 48.6 Å². The summed E-state index contributed by atoms with van der Waals surface area (Å²) < 4.78 is 10.9. The van der Waals surface area contributed by atoms with Crippen molar-refractivity contribution in [3.63, 3.8) is 0 Å². The number of carbonyl (C=O) groups excluding carboxylic acids is 3. The number of hydrogen-bond donors (Lipinski definition) is 6. The van der Waals surface area contributed by atoms with Crippen molar-refractivity contribution in [2.24, 2.45) is 0 Å². The van der Waals surface area contributed by atoms with Gasteiger partial charge in [-0.3, -0.25) is 4.79 Å². The number of likely N-dealkylation sites (tertiary alicyclic amines) is 1. The number of benzene rings is 2. The van der Waals surface area contributed by atoms with Crippen molar-refractivity contribution in [3.05, 3.63) is 59.7 Å². The summed E-state index contributed by atoms with van der Waals surface area (Å²) >= 11 is 0. The lowest BCUT2D eigenvalue weighted by molar-refractivity contribution is -0.201. The zero-order valence-corrected chi connectivity index (χ0v) is 21.9. The number of esters is 2. The van der Waals surface area contributed by atoms with Crippen molar-refractivity contribution in [2.45, 2.75) is 49.6 Å². The third kappa shape index (κ3) is 7.16. The molecule has 0 radical (unpaired) electrons. The molecule has 12 heteroatoms. The number of rotatable bonds is 7. The molecular weight excluding hydrogens is 538 g/mol. The first kappa shape index (κ1) is 29.4. The van der Waals surface area contributed by atoms with Gasteiger partial charge in [0.05, 0.1) is 6.10 Å². The zero-order chi connectivity index (χ0) is 29.7. The highest BCUT2D eigenvalue weighted by atomic mass is 16.6. The van der Waals surface area contributed by atoms with Gasteiger partial charge in [-0.2, -0.15) is 0 Å². The molecule has 2 aliphatic rings. The fraction of sp³-hybridized carbons (Fsp3) is 0.345. The molecule has 4 rings (SSSR count). The second-order valence-corrected chi connectivity index (χ2v) is 10.0. The smallest absolute Gasteiger partial charge is 0.331 e. The SMILES string of the molecule is O=C(C=Cc1ccc(O)c(O)c1)O[C@H]1[C@H](O)C[C@](O)(C(=O)N2CCCC2)C[C@H]1OC(=O)C=Cc1ccc(O)c(O)c1. The number of hydrogen-bond acceptors (Lipinski definition) is 11. The van der Waals surface area contributed by atoms with E-state index in [1.807, 2.05) is 0 Å². The molecule has 12 nitrogen and oxygen atoms in total. The van der Waals surface area contributed by atoms with Gasteiger partial charge in [0, 0.05) is 38.1 Å². The minimum absolute atomic E-state index is 0.341. The second-order valence-electron chi connectivity index (χ2n) is 10.0. The average molecular weight is 570 g/mol. The monoisotopic (exact) mass is 569 g/mol. The first-order valence-corrected chi connectivity index (χ1v) is 13.0. The first-order valence-electron chi connectivity index (χ1n) is 13.0. The van der Waals surface area contributed by atoms with Crippen LogP contribution >= 0.6 is 0 Å². The summed E-state index contributed by atoms with van der Waals surface area (Å²) in [6.45, 7) is 0.889. The van der Waals surface area contributed by atoms with Gasteiger partial charge in [0.25, 0.3) is 5.91 Å². The largest absolute Gasteiger partial charge is 0.504 e. The number of carbonyl (C=O) groups is 3. The van der Waals surface area contributed by atoms with Gasteiger partial charge in [-0.1, -0.05) is 12.1 Å². The van der Waals surface area contributed by atoms with E-state index >= 15 is 0 Å². The van der Waals surface area contributed by atoms with E-state index in [-0.39, 0.29) is 11.5 Å². The third-order valence-corrected chi connectivity index (χ3v) is 6.97. The van der Waals surface area contributed by atoms with Gasteiger partial charge in [0.1, 0.15) is 11.7 Å². The fourth-order valence-corrected chi connectivity index (χ4v) is 4.87. The van der Waals surface area contributed by atoms with E-state index in [1.54, 1.807) is 0 Å². The van der Waals surface area contributed by atoms with Crippen LogP contribution in [0.25, 0.3) is 12.2 Å². The molecule has 1 aliphatic carbocycles. The standard InChI is InChI=1S/C29H31NO11/c31-19-7-3-17(13-21(19)33)5-9-25(36)40-24-16-29(39,28(38)30-11-1-2-12-30)15-23(35)27(24)41-26(37)10-6-18-4-8-20(32)22(34)14-18/h3-10,13-14,23-24,27,31-35,39H,1-2,11-12,15-16H2/t23-,24-,27+,29-/m1/s1. The zero-order valence-electron chi connectivity index (χ0n) is 21.9. The highest BCUT2D eigenvalue weighted by Gasteiger charge is 2.53. The molecule has 1 heterocycles. The number of ether oxygens (including phenoxy) is 2. The minimum Gasteiger partial charge on any atom is -0.504 e. The molecule has 1 saturated carbocycles. The summed E-state index contributed by atoms with van der Waals surface area (Å²) in [5.41, 5.74) is -1.35. The van der Waals surface area contributed by atoms with Crippen molar-refractivity contribution in [3.8, 4) is 23.0 Å². The lowest BCUT2D eigenvalue weighted by atomic mass is 9.78. The molecule has 1 aliphatic heterocycles. The third-order valence-electron chi connectivity index (χ3n) is 6.97. The van der Waals surface area contributed by atoms with Crippen molar-refractivity contribution < 1.29 is 54.5 Å². The van der Waals surface area contributed by atoms with E-state index in [9.17, 15) is 45.0 Å². The van der Waals surface area contributed by atoms with E-state index < -0.39 is 66.1 Å². The number of aliphatic hydroxyl groups is 2. The van der Waals surface area contributed by atoms with E-state index in [2.05, 4.69) is 0 Å². The average Bonchev–Trinajstić information content (AvgIpc) is 3.46. The van der Waals surface area contributed by atoms with Crippen LogP contribution in [-0.4, -0.2) is 90.4 Å². The van der Waals surface area contributed by atoms with Crippen LogP contribution in [0.5, 0.6) is 23.0 Å². The molecule has 0 bridgehead atoms. The maximum Gasteiger partial charge on any atom is 0.331 e. The second kappa shape index (κ2) is 12.3. The van der Waals surface area contributed by atoms with Gasteiger partial charge in [0.2, 0.25) is 0 Å². The lowest BCUT2D eigenvalue weighted by Crippen LogP contribution is -2.60. The van der Waals surface area contributed by atoms with E-state index in [0.717, 1.165) is 25.0 Å². The maximum atomic E-state index is 13.1. The van der Waals surface area contributed by atoms with Gasteiger partial charge in [-0.05, 0) is 60.4 Å². The van der Waals surface area contributed by atoms with Crippen LogP contribution in [0.1, 0.15) is 36.8 Å². The Bertz CT molecular complexity index is 1360. The Labute approximate surface area is 235 Å². The van der Waals surface area contributed by atoms with E-state index in [1.165, 1.54) is 53.5 Å². The van der Waals surface area contributed by atoms with Crippen molar-refractivity contribution >= 4 is 30.0 Å². The van der Waals surface area contributed by atoms with Gasteiger partial charge in [0.15, 0.2) is 29.1 Å². The topological polar surface area (TPSA) is 194 Å². The van der Waals surface area contributed by atoms with Crippen molar-refractivity contribution in [1.29, 1.82) is 0 Å². The van der Waals surface area contributed by atoms with Gasteiger partial charge in [-0.25, -0.2) is 9.59 Å². The molecule has 2 aromatic rings. The van der Waals surface area contributed by atoms with Crippen LogP contribution in [0, 0.1) is 0 Å². The Morgan fingerprint density at radius 3 is 1.80 bits per heavy atom. The number of aliphatic hydroxyl groups excluding tert-OH is 1. The molecule has 1 saturated heterocycles. The minimum atomic E-state index is -2.07. The molecule has 2 fully saturated rings. The number of aromatic hydroxyl groups is 4. The summed E-state index contributed by atoms with van der Waals surface area (Å²) in [7, 11) is 0. The summed E-state index contributed by atoms with van der Waals surface area (Å²) in [6.07, 6.45) is 0.842. The van der Waals surface area contributed by atoms with E-state index in [0.29, 0.717) is 24.2 Å². The maximum absolute atomic E-state index is 13.1. The van der Waals surface area contributed by atoms with Crippen molar-refractivity contribution in [2.75, 3.05) is 13.1 Å². The van der Waals surface area contributed by atoms with Crippen LogP contribution in [0.3, 0.4) is 0 Å². The Hall–Kier alpha value is -4.55. The quantitative estimate of drug-likeness (QED) is 0.161. The Morgan fingerprint density at radius 1 is 0.780 bits per heavy atom. The fourth-order valence-electron chi connectivity index (χ4n) is 4.87. The van der Waals surface area contributed by atoms with Crippen LogP contribution in [-0.2, 0) is 23.9 Å². The Balaban J connectivity index is 1.52. The normalized spacial score (nSPS) is 24.5. The molecule has 1 amide bonds. The number of phenolic OH excluding ortho intramolecular Hbond substituents is 4. The Morgan fingerprint density at radius 2 is 1.29 bits per heavy atom. The highest BCUT2D eigenvalue weighted by Crippen LogP contribution is 2.35. The molecule has 218 valence electrons. The van der Waals surface area contributed by atoms with Gasteiger partial charge in [-0.15, -0.1) is 0 Å². The number of amides is 1. The van der Waals surface area contributed by atoms with E-state index in [4.69, 9.17) is 9.47 Å². The predicted octanol–water partition coefficient (Wildman–Crippen LogP) is 1.57. The molecule has 6 N–H and O–H groups in total. The number of phenols is 4. The first-order chi connectivity index (χ1) is 19.4. The van der Waals surface area contributed by atoms with Gasteiger partial charge < -0.3 is 45.0 Å². The number of nitrogens with zero attached hydrogens (tertiary/aromatic N) is 1. The Kier molecular flexibility index (Phi) is 8.84. The predicted molar refractivity (Wildman–Crippen MR) is 143 cm³/mol. The molecule has 41 heavy (non-hydrogen) atoms. The molecule has 2 aromatic carbocycles. The summed E-state index contributed by atoms with van der Waals surface area (Å²) in [5.74, 6) is -3.97. The molecule has 4 atom stereocenters. The van der Waals surface area contributed by atoms with Crippen LogP contribution in [0.2, 0.25) is 0 Å². The molecule has 0 unspecified atom stereocenters. The van der Waals surface area contributed by atoms with Crippen LogP contribution in [0.4, 0.5) is 0 Å². The lowest BCUT2D eigenvalue weighted by Gasteiger charge is -2.43. The van der Waals surface area contributed by atoms with Gasteiger partial charge >= 0.3 is 11.9 Å². The summed E-state index contributed by atoms with van der Waals surface area (Å²) in [6, 6.07) is 7.74. The summed E-state index contributed by atoms with van der Waals surface area (Å²) in [5, 5.41) is 60.3. The van der Waals surface area contributed by atoms with Crippen molar-refractivity contribution in [1.82, 2.24) is 4.90 Å². The summed E-state index contributed by atoms with van der Waals surface area (Å²) in [4.78, 5) is 39.9. The molecule has 0 spiro atoms. The molecular formula is C29H31NO11. The van der Waals surface area contributed by atoms with Crippen LogP contribution < -0.4 is 0 Å². The highest BCUT2D eigenvalue weighted by molar-refractivity contribution is 5.89. The molecule has 0 aromatic heterocycles.